The van der Waals surface area contributed by atoms with Crippen molar-refractivity contribution in [2.24, 2.45) is 0 Å². The summed E-state index contributed by atoms with van der Waals surface area (Å²) in [5.74, 6) is 1.13. The van der Waals surface area contributed by atoms with Gasteiger partial charge in [0, 0.05) is 55.9 Å². The van der Waals surface area contributed by atoms with Crippen molar-refractivity contribution in [1.82, 2.24) is 14.3 Å². The molecule has 2 N–H and O–H groups in total. The van der Waals surface area contributed by atoms with E-state index < -0.39 is 11.0 Å². The normalized spacial score (nSPS) is 14.5. The third-order valence-electron chi connectivity index (χ3n) is 5.61. The second kappa shape index (κ2) is 12.0. The fourth-order valence-electron chi connectivity index (χ4n) is 3.73. The second-order valence-electron chi connectivity index (χ2n) is 8.02. The van der Waals surface area contributed by atoms with Gasteiger partial charge in [-0.3, -0.25) is 4.79 Å². The number of aromatic nitrogens is 2. The first kappa shape index (κ1) is 26.4. The number of nitrogens with one attached hydrogen (secondary N) is 2. The van der Waals surface area contributed by atoms with Crippen LogP contribution in [-0.2, 0) is 15.8 Å². The molecule has 0 bridgehead atoms. The number of carbonyl (C=O) groups excluding carboxylic acids is 1. The van der Waals surface area contributed by atoms with E-state index in [1.807, 2.05) is 22.5 Å². The Morgan fingerprint density at radius 1 is 1.19 bits per heavy atom. The molecule has 10 nitrogen and oxygen atoms in total. The number of amides is 1. The summed E-state index contributed by atoms with van der Waals surface area (Å²) >= 11 is 6.28. The van der Waals surface area contributed by atoms with Crippen molar-refractivity contribution in [1.29, 1.82) is 0 Å². The summed E-state index contributed by atoms with van der Waals surface area (Å²) in [6, 6.07) is 12.6. The van der Waals surface area contributed by atoms with E-state index in [0.29, 0.717) is 22.9 Å². The van der Waals surface area contributed by atoms with Gasteiger partial charge in [0.2, 0.25) is 17.7 Å². The Hall–Kier alpha value is -3.67. The molecule has 0 aliphatic carbocycles. The first-order valence-electron chi connectivity index (χ1n) is 11.4. The van der Waals surface area contributed by atoms with Gasteiger partial charge in [0.05, 0.1) is 30.0 Å². The Labute approximate surface area is 222 Å². The van der Waals surface area contributed by atoms with Gasteiger partial charge in [-0.2, -0.15) is 4.98 Å². The van der Waals surface area contributed by atoms with Crippen LogP contribution in [0.25, 0.3) is 0 Å². The van der Waals surface area contributed by atoms with E-state index in [9.17, 15) is 9.00 Å². The minimum absolute atomic E-state index is 0.146. The fourth-order valence-corrected chi connectivity index (χ4v) is 4.54. The number of anilines is 4. The van der Waals surface area contributed by atoms with E-state index in [0.717, 1.165) is 31.9 Å². The molecule has 1 aliphatic heterocycles. The molecule has 2 heterocycles. The molecule has 1 saturated heterocycles. The summed E-state index contributed by atoms with van der Waals surface area (Å²) in [6.45, 7) is 6.45. The Morgan fingerprint density at radius 3 is 2.68 bits per heavy atom. The summed E-state index contributed by atoms with van der Waals surface area (Å²) in [6.07, 6.45) is 4.33. The molecule has 1 fully saturated rings. The van der Waals surface area contributed by atoms with Crippen LogP contribution in [0.3, 0.4) is 0 Å². The lowest BCUT2D eigenvalue weighted by Crippen LogP contribution is -2.46. The maximum absolute atomic E-state index is 11.7. The zero-order valence-corrected chi connectivity index (χ0v) is 22.0. The van der Waals surface area contributed by atoms with Gasteiger partial charge in [-0.15, -0.1) is 0 Å². The molecule has 3 aromatic rings. The van der Waals surface area contributed by atoms with E-state index in [4.69, 9.17) is 21.1 Å². The molecule has 37 heavy (non-hydrogen) atoms. The highest BCUT2D eigenvalue weighted by Gasteiger charge is 2.20. The number of ether oxygens (including phenoxy) is 2. The number of carbonyl (C=O) groups is 1. The van der Waals surface area contributed by atoms with Crippen LogP contribution in [0.5, 0.6) is 17.4 Å². The summed E-state index contributed by atoms with van der Waals surface area (Å²) in [7, 11) is 0.636. The summed E-state index contributed by atoms with van der Waals surface area (Å²) < 4.78 is 25.1. The molecule has 2 aromatic carbocycles. The summed E-state index contributed by atoms with van der Waals surface area (Å²) in [4.78, 5) is 22.5. The number of hydrogen-bond donors (Lipinski definition) is 2. The van der Waals surface area contributed by atoms with E-state index in [1.54, 1.807) is 37.6 Å². The average Bonchev–Trinajstić information content (AvgIpc) is 2.91. The number of nitrogens with zero attached hydrogens (tertiary/aromatic N) is 4. The van der Waals surface area contributed by atoms with Gasteiger partial charge in [0.1, 0.15) is 16.5 Å². The molecule has 194 valence electrons. The van der Waals surface area contributed by atoms with Crippen molar-refractivity contribution in [2.75, 3.05) is 55.1 Å². The first-order valence-corrected chi connectivity index (χ1v) is 13.3. The molecule has 0 spiro atoms. The first-order chi connectivity index (χ1) is 17.9. The minimum Gasteiger partial charge on any atom is -0.494 e. The zero-order chi connectivity index (χ0) is 26.4. The van der Waals surface area contributed by atoms with Crippen molar-refractivity contribution in [3.05, 3.63) is 66.3 Å². The number of methoxy groups -OCH3 is 1. The van der Waals surface area contributed by atoms with Gasteiger partial charge >= 0.3 is 0 Å². The van der Waals surface area contributed by atoms with E-state index in [2.05, 4.69) is 32.1 Å². The summed E-state index contributed by atoms with van der Waals surface area (Å²) in [5.41, 5.74) is 2.22. The van der Waals surface area contributed by atoms with Crippen LogP contribution in [0.15, 0.2) is 61.3 Å². The largest absolute Gasteiger partial charge is 0.494 e. The van der Waals surface area contributed by atoms with Crippen molar-refractivity contribution in [3.8, 4) is 17.4 Å². The van der Waals surface area contributed by atoms with Crippen LogP contribution >= 0.6 is 11.6 Å². The van der Waals surface area contributed by atoms with Gasteiger partial charge in [-0.05, 0) is 30.3 Å². The van der Waals surface area contributed by atoms with Gasteiger partial charge < -0.3 is 25.0 Å². The van der Waals surface area contributed by atoms with Gasteiger partial charge in [0.15, 0.2) is 0 Å². The van der Waals surface area contributed by atoms with E-state index in [-0.39, 0.29) is 22.8 Å². The zero-order valence-electron chi connectivity index (χ0n) is 20.4. The third-order valence-corrected chi connectivity index (χ3v) is 6.96. The molecule has 1 amide bonds. The van der Waals surface area contributed by atoms with Crippen molar-refractivity contribution < 1.29 is 18.5 Å². The highest BCUT2D eigenvalue weighted by atomic mass is 35.5. The number of piperazine rings is 1. The van der Waals surface area contributed by atoms with Crippen LogP contribution in [-0.4, -0.2) is 63.9 Å². The molecule has 0 saturated carbocycles. The molecule has 4 rings (SSSR count). The fraction of sp³-hybridized carbons (Fsp3) is 0.240. The predicted molar refractivity (Wildman–Crippen MR) is 147 cm³/mol. The van der Waals surface area contributed by atoms with Crippen LogP contribution in [0.1, 0.15) is 0 Å². The maximum Gasteiger partial charge on any atom is 0.247 e. The van der Waals surface area contributed by atoms with E-state index >= 15 is 0 Å². The molecular formula is C25H27ClN6O4S. The predicted octanol–water partition coefficient (Wildman–Crippen LogP) is 4.21. The highest BCUT2D eigenvalue weighted by molar-refractivity contribution is 7.81. The lowest BCUT2D eigenvalue weighted by Gasteiger charge is -2.34. The van der Waals surface area contributed by atoms with Crippen molar-refractivity contribution in [3.63, 3.8) is 0 Å². The Bertz CT molecular complexity index is 1320. The molecule has 1 unspecified atom stereocenters. The average molecular weight is 543 g/mol. The molecule has 0 radical (unpaired) electrons. The lowest BCUT2D eigenvalue weighted by atomic mass is 10.2. The van der Waals surface area contributed by atoms with Gasteiger partial charge in [-0.25, -0.2) is 13.5 Å². The number of halogens is 1. The SMILES string of the molecule is C=CC(=O)Nc1cccc(Oc2nc(Nc3ccc(N4CCN(S(C)=O)CC4)cc3OC)ncc2Cl)c1. The highest BCUT2D eigenvalue weighted by Crippen LogP contribution is 2.34. The molecule has 1 aliphatic rings. The smallest absolute Gasteiger partial charge is 0.247 e. The minimum atomic E-state index is -0.959. The Balaban J connectivity index is 1.48. The second-order valence-corrected chi connectivity index (χ2v) is 9.79. The molecule has 1 aromatic heterocycles. The maximum atomic E-state index is 11.7. The van der Waals surface area contributed by atoms with Gasteiger partial charge in [0.25, 0.3) is 0 Å². The molecular weight excluding hydrogens is 516 g/mol. The van der Waals surface area contributed by atoms with Crippen LogP contribution in [0, 0.1) is 0 Å². The third kappa shape index (κ3) is 6.76. The number of hydrogen-bond acceptors (Lipinski definition) is 8. The van der Waals surface area contributed by atoms with Crippen LogP contribution in [0.2, 0.25) is 5.02 Å². The Morgan fingerprint density at radius 2 is 1.97 bits per heavy atom. The van der Waals surface area contributed by atoms with E-state index in [1.165, 1.54) is 12.3 Å². The summed E-state index contributed by atoms with van der Waals surface area (Å²) in [5, 5.41) is 6.05. The van der Waals surface area contributed by atoms with Gasteiger partial charge in [-0.1, -0.05) is 24.2 Å². The number of rotatable bonds is 9. The van der Waals surface area contributed by atoms with Crippen molar-refractivity contribution >= 4 is 51.5 Å². The Kier molecular flexibility index (Phi) is 8.59. The molecule has 12 heteroatoms. The van der Waals surface area contributed by atoms with Crippen LogP contribution in [0.4, 0.5) is 23.0 Å². The standard InChI is InChI=1S/C25H27ClN6O4S/c1-4-23(33)28-17-6-5-7-19(14-17)36-24-20(26)16-27-25(30-24)29-21-9-8-18(15-22(21)35-2)31-10-12-32(13-11-31)37(3)34/h4-9,14-16H,1,10-13H2,2-3H3,(H,28,33)(H,27,29,30). The quantitative estimate of drug-likeness (QED) is 0.387. The lowest BCUT2D eigenvalue weighted by molar-refractivity contribution is -0.111. The van der Waals surface area contributed by atoms with Crippen molar-refractivity contribution in [2.45, 2.75) is 0 Å². The molecule has 1 atom stereocenters. The van der Waals surface area contributed by atoms with Crippen LogP contribution < -0.4 is 25.0 Å². The monoisotopic (exact) mass is 542 g/mol. The topological polar surface area (TPSA) is 109 Å². The number of benzene rings is 2.